The van der Waals surface area contributed by atoms with Crippen LogP contribution in [0.15, 0.2) is 153 Å². The SMILES string of the molecule is CN(C)c1ncccc1N.CN(C)c1ncccc1Nc1cc(Cl)ncc1Cl.CN(C)c1ncccc1[N+](=O)[O-].COc1cc(N2CCN(C)CC2)ccc1N.COc1cc(N2CCN(C)CC2)ccc1Nc1ncc(Cl)c(Nc2cccnc2N(C)C)n1.Clc1ncc(Cl)c(Cl)n1.O=[N+]([O-])c1cccnc1F.[CH3-].[Pd]. The summed E-state index contributed by atoms with van der Waals surface area (Å²) in [5.41, 5.74) is 17.7. The first-order valence-electron chi connectivity index (χ1n) is 32.6. The summed E-state index contributed by atoms with van der Waals surface area (Å²) in [6, 6.07) is 30.3. The van der Waals surface area contributed by atoms with Crippen LogP contribution >= 0.6 is 69.6 Å². The van der Waals surface area contributed by atoms with Crippen molar-refractivity contribution in [3.63, 3.8) is 0 Å². The predicted octanol–water partition coefficient (Wildman–Crippen LogP) is 14.3. The number of piperazine rings is 2. The van der Waals surface area contributed by atoms with Gasteiger partial charge in [-0.2, -0.15) is 9.37 Å². The van der Waals surface area contributed by atoms with Crippen LogP contribution in [0.1, 0.15) is 0 Å². The second kappa shape index (κ2) is 46.5. The van der Waals surface area contributed by atoms with Crippen molar-refractivity contribution in [2.24, 2.45) is 0 Å². The smallest absolute Gasteiger partial charge is 0.323 e. The molecule has 0 unspecified atom stereocenters. The Balaban J connectivity index is 0.000000286. The zero-order chi connectivity index (χ0) is 79.1. The third kappa shape index (κ3) is 29.1. The number of hydrogen-bond acceptors (Lipinski definition) is 29. The Morgan fingerprint density at radius 1 is 0.473 bits per heavy atom. The van der Waals surface area contributed by atoms with Crippen molar-refractivity contribution in [2.45, 2.75) is 0 Å². The number of methoxy groups -OCH3 is 2. The van der Waals surface area contributed by atoms with Gasteiger partial charge in [0.2, 0.25) is 17.0 Å². The van der Waals surface area contributed by atoms with Gasteiger partial charge in [-0.05, 0) is 98.5 Å². The van der Waals surface area contributed by atoms with Gasteiger partial charge >= 0.3 is 11.4 Å². The summed E-state index contributed by atoms with van der Waals surface area (Å²) >= 11 is 34.5. The van der Waals surface area contributed by atoms with Crippen LogP contribution in [0.4, 0.5) is 96.3 Å². The fourth-order valence-corrected chi connectivity index (χ4v) is 10.5. The normalized spacial score (nSPS) is 12.0. The fourth-order valence-electron chi connectivity index (χ4n) is 9.62. The molecule has 2 aliphatic rings. The molecule has 7 N–H and O–H groups in total. The summed E-state index contributed by atoms with van der Waals surface area (Å²) in [4.78, 5) is 75.6. The number of pyridine rings is 6. The Morgan fingerprint density at radius 2 is 0.927 bits per heavy atom. The Hall–Kier alpha value is -10.0. The first-order valence-corrected chi connectivity index (χ1v) is 34.9. The molecular weight excluding hydrogens is 1640 g/mol. The molecule has 110 heavy (non-hydrogen) atoms. The molecule has 0 atom stereocenters. The standard InChI is InChI=1S/C23H29ClN8O.C12H12Cl2N4.C12H19N3O.C7H9N3O2.C7H11N3.C5H3FN2O2.C4HCl3N2.CH3.Pd/c1-30(2)22-19(6-5-9-25-22)27-21-17(24)15-26-23(29-21)28-18-8-7-16(14-20(18)33-4)32-12-10-31(3)11-13-32;1-18(2)12-9(4-3-5-15-12)17-10-6-11(14)16-7-8(10)13;1-14-5-7-15(8-6-14)10-3-4-11(13)12(9-10)16-2;1-9(2)7-6(10(11)12)4-3-5-8-7;1-10(2)7-6(8)4-3-5-9-7;6-5-4(8(9)10)2-1-3-7-5;5-2-1-8-4(7)9-3(2)6;;/h5-9,14-15H,10-13H2,1-4H3,(H2,26,27,28,29);3-7H,1-2H3,(H,16,17);3-4,9H,5-8,13H2,1-2H3;3-5H,1-2H3;3-5H,8H2,1-2H3;1-3H;1H;1H3;/q;;;;;;;-1;. The zero-order valence-corrected chi connectivity index (χ0v) is 68.7. The Morgan fingerprint density at radius 3 is 1.39 bits per heavy atom. The van der Waals surface area contributed by atoms with Crippen molar-refractivity contribution in [1.29, 1.82) is 0 Å². The van der Waals surface area contributed by atoms with Gasteiger partial charge in [0.1, 0.15) is 21.7 Å². The minimum absolute atomic E-state index is 0. The van der Waals surface area contributed by atoms with Gasteiger partial charge < -0.3 is 83.5 Å². The van der Waals surface area contributed by atoms with E-state index in [1.54, 1.807) is 70.1 Å². The number of benzene rings is 2. The van der Waals surface area contributed by atoms with E-state index in [0.717, 1.165) is 116 Å². The molecule has 12 rings (SSSR count). The van der Waals surface area contributed by atoms with Gasteiger partial charge in [0.15, 0.2) is 28.4 Å². The molecule has 39 heteroatoms. The Kier molecular flexibility index (Phi) is 39.0. The number of nitrogens with one attached hydrogen (secondary N) is 3. The van der Waals surface area contributed by atoms with E-state index in [9.17, 15) is 24.6 Å². The summed E-state index contributed by atoms with van der Waals surface area (Å²) in [6.45, 7) is 8.40. The Labute approximate surface area is 683 Å². The fraction of sp³-hybridized carbons (Fsp3) is 0.282. The summed E-state index contributed by atoms with van der Waals surface area (Å²) in [7, 11) is 22.6. The molecule has 2 saturated heterocycles. The van der Waals surface area contributed by atoms with Crippen molar-refractivity contribution < 1.29 is 44.1 Å². The number of nitrogen functional groups attached to an aromatic ring is 2. The van der Waals surface area contributed by atoms with Crippen LogP contribution < -0.4 is 66.3 Å². The monoisotopic (exact) mass is 1720 g/mol. The summed E-state index contributed by atoms with van der Waals surface area (Å²) in [5.74, 6) is 4.13. The van der Waals surface area contributed by atoms with E-state index in [1.165, 1.54) is 36.4 Å². The topological polar surface area (TPSA) is 348 Å². The minimum atomic E-state index is -1.05. The van der Waals surface area contributed by atoms with Crippen molar-refractivity contribution in [1.82, 2.24) is 59.6 Å². The van der Waals surface area contributed by atoms with Gasteiger partial charge in [0.05, 0.1) is 80.6 Å². The number of hydrogen-bond donors (Lipinski definition) is 5. The average Bonchev–Trinajstić information content (AvgIpc) is 0.822. The van der Waals surface area contributed by atoms with E-state index < -0.39 is 21.5 Å². The van der Waals surface area contributed by atoms with E-state index in [4.69, 9.17) is 90.5 Å². The van der Waals surface area contributed by atoms with E-state index >= 15 is 0 Å². The molecule has 31 nitrogen and oxygen atoms in total. The van der Waals surface area contributed by atoms with E-state index in [-0.39, 0.29) is 44.0 Å². The number of nitro groups is 2. The number of nitrogens with zero attached hydrogens (tertiary/aromatic N) is 20. The number of likely N-dealkylation sites (N-methyl/N-ethyl adjacent to an activating group) is 2. The largest absolute Gasteiger partial charge is 0.495 e. The number of anilines is 14. The molecule has 0 bridgehead atoms. The number of nitrogens with two attached hydrogens (primary N) is 2. The number of rotatable bonds is 16. The van der Waals surface area contributed by atoms with E-state index in [0.29, 0.717) is 54.9 Å². The average molecular weight is 1720 g/mol. The first-order chi connectivity index (χ1) is 51.5. The van der Waals surface area contributed by atoms with Gasteiger partial charge in [-0.25, -0.2) is 44.9 Å². The molecule has 0 spiro atoms. The maximum absolute atomic E-state index is 12.3. The molecule has 0 radical (unpaired) electrons. The van der Waals surface area contributed by atoms with Crippen molar-refractivity contribution >= 4 is 162 Å². The second-order valence-electron chi connectivity index (χ2n) is 23.8. The van der Waals surface area contributed by atoms with E-state index in [2.05, 4.69) is 112 Å². The van der Waals surface area contributed by atoms with Crippen LogP contribution in [-0.2, 0) is 20.4 Å². The molecule has 2 aliphatic heterocycles. The third-order valence-corrected chi connectivity index (χ3v) is 16.8. The predicted molar refractivity (Wildman–Crippen MR) is 441 cm³/mol. The van der Waals surface area contributed by atoms with Crippen molar-refractivity contribution in [2.75, 3.05) is 194 Å². The quantitative estimate of drug-likeness (QED) is 0.00876. The number of halogens is 7. The maximum atomic E-state index is 12.3. The number of ether oxygens (including phenoxy) is 2. The molecule has 0 amide bonds. The third-order valence-electron chi connectivity index (χ3n) is 15.1. The van der Waals surface area contributed by atoms with Crippen LogP contribution in [0.5, 0.6) is 11.5 Å². The van der Waals surface area contributed by atoms with Gasteiger partial charge in [-0.1, -0.05) is 58.0 Å². The molecule has 2 aromatic carbocycles. The molecule has 8 aromatic heterocycles. The van der Waals surface area contributed by atoms with Gasteiger partial charge in [0.25, 0.3) is 5.95 Å². The van der Waals surface area contributed by atoms with Crippen molar-refractivity contribution in [3.8, 4) is 11.5 Å². The first kappa shape index (κ1) is 92.3. The molecule has 0 aliphatic carbocycles. The van der Waals surface area contributed by atoms with Crippen LogP contribution in [0.2, 0.25) is 30.7 Å². The van der Waals surface area contributed by atoms with Crippen LogP contribution in [0.3, 0.4) is 0 Å². The van der Waals surface area contributed by atoms with E-state index in [1.807, 2.05) is 118 Å². The molecule has 10 aromatic rings. The minimum Gasteiger partial charge on any atom is -0.495 e. The molecule has 0 saturated carbocycles. The molecule has 592 valence electrons. The molecule has 2 fully saturated rings. The maximum Gasteiger partial charge on any atom is 0.323 e. The van der Waals surface area contributed by atoms with Gasteiger partial charge in [-0.15, -0.1) is 0 Å². The van der Waals surface area contributed by atoms with Crippen LogP contribution in [0, 0.1) is 33.6 Å². The molecule has 10 heterocycles. The Bertz CT molecular complexity index is 4540. The zero-order valence-electron chi connectivity index (χ0n) is 62.6. The van der Waals surface area contributed by atoms with Crippen LogP contribution in [0.25, 0.3) is 0 Å². The molecular formula is C71H87Cl6FN25O6Pd-. The van der Waals surface area contributed by atoms with Crippen LogP contribution in [-0.4, -0.2) is 207 Å². The summed E-state index contributed by atoms with van der Waals surface area (Å²) in [6.07, 6.45) is 12.3. The van der Waals surface area contributed by atoms with Gasteiger partial charge in [0, 0.05) is 208 Å². The van der Waals surface area contributed by atoms with Crippen molar-refractivity contribution in [3.05, 3.63) is 217 Å². The summed E-state index contributed by atoms with van der Waals surface area (Å²) in [5, 5.41) is 32.0. The second-order valence-corrected chi connectivity index (χ2v) is 26.1. The number of aromatic nitrogens is 10. The summed E-state index contributed by atoms with van der Waals surface area (Å²) < 4.78 is 23.2. The van der Waals surface area contributed by atoms with Gasteiger partial charge in [-0.3, -0.25) is 20.2 Å².